The van der Waals surface area contributed by atoms with Crippen molar-refractivity contribution < 1.29 is 13.6 Å². The third-order valence-electron chi connectivity index (χ3n) is 4.89. The Kier molecular flexibility index (Phi) is 4.60. The van der Waals surface area contributed by atoms with Crippen LogP contribution in [0, 0.1) is 17.6 Å². The predicted octanol–water partition coefficient (Wildman–Crippen LogP) is 3.39. The van der Waals surface area contributed by atoms with E-state index in [2.05, 4.69) is 10.3 Å². The van der Waals surface area contributed by atoms with Gasteiger partial charge >= 0.3 is 0 Å². The molecular weight excluding hydrogens is 310 g/mol. The average Bonchev–Trinajstić information content (AvgIpc) is 3.23. The number of nitrogens with one attached hydrogen (secondary N) is 1. The number of rotatable bonds is 6. The number of halogens is 2. The molecule has 1 N–H and O–H groups in total. The molecule has 0 aliphatic heterocycles. The summed E-state index contributed by atoms with van der Waals surface area (Å²) < 4.78 is 27.2. The third-order valence-corrected chi connectivity index (χ3v) is 4.89. The number of hydrogen-bond acceptors (Lipinski definition) is 2. The molecule has 0 bridgehead atoms. The SMILES string of the molecule is CC1CC1(CNC(=O)CCc1cccnc1)c1ccc(F)cc1F. The van der Waals surface area contributed by atoms with Gasteiger partial charge in [0, 0.05) is 36.8 Å². The highest BCUT2D eigenvalue weighted by Gasteiger charge is 2.53. The molecule has 3 rings (SSSR count). The first-order chi connectivity index (χ1) is 11.5. The molecule has 24 heavy (non-hydrogen) atoms. The summed E-state index contributed by atoms with van der Waals surface area (Å²) in [6, 6.07) is 7.45. The molecule has 1 amide bonds. The first-order valence-corrected chi connectivity index (χ1v) is 8.12. The minimum atomic E-state index is -0.583. The molecule has 1 saturated carbocycles. The Labute approximate surface area is 140 Å². The zero-order chi connectivity index (χ0) is 17.2. The molecule has 5 heteroatoms. The predicted molar refractivity (Wildman–Crippen MR) is 87.4 cm³/mol. The van der Waals surface area contributed by atoms with Gasteiger partial charge in [-0.25, -0.2) is 8.78 Å². The Hall–Kier alpha value is -2.30. The Balaban J connectivity index is 1.59. The Morgan fingerprint density at radius 1 is 1.38 bits per heavy atom. The first kappa shape index (κ1) is 16.6. The molecule has 2 unspecified atom stereocenters. The van der Waals surface area contributed by atoms with Crippen LogP contribution in [0.1, 0.15) is 30.9 Å². The minimum Gasteiger partial charge on any atom is -0.355 e. The summed E-state index contributed by atoms with van der Waals surface area (Å²) in [6.45, 7) is 2.40. The van der Waals surface area contributed by atoms with Crippen LogP contribution in [0.4, 0.5) is 8.78 Å². The van der Waals surface area contributed by atoms with Gasteiger partial charge in [0.05, 0.1) is 0 Å². The number of nitrogens with zero attached hydrogens (tertiary/aromatic N) is 1. The Morgan fingerprint density at radius 2 is 2.17 bits per heavy atom. The molecule has 1 fully saturated rings. The van der Waals surface area contributed by atoms with Crippen molar-refractivity contribution in [3.63, 3.8) is 0 Å². The molecule has 0 saturated heterocycles. The number of amides is 1. The molecule has 1 aliphatic carbocycles. The van der Waals surface area contributed by atoms with Crippen LogP contribution in [0.2, 0.25) is 0 Å². The molecule has 3 nitrogen and oxygen atoms in total. The van der Waals surface area contributed by atoms with E-state index in [1.54, 1.807) is 12.4 Å². The van der Waals surface area contributed by atoms with E-state index in [1.165, 1.54) is 12.1 Å². The average molecular weight is 330 g/mol. The van der Waals surface area contributed by atoms with Crippen molar-refractivity contribution in [3.8, 4) is 0 Å². The van der Waals surface area contributed by atoms with Crippen LogP contribution < -0.4 is 5.32 Å². The minimum absolute atomic E-state index is 0.0696. The summed E-state index contributed by atoms with van der Waals surface area (Å²) in [5.74, 6) is -0.930. The van der Waals surface area contributed by atoms with Crippen molar-refractivity contribution in [2.75, 3.05) is 6.54 Å². The molecule has 0 radical (unpaired) electrons. The van der Waals surface area contributed by atoms with Gasteiger partial charge in [0.25, 0.3) is 0 Å². The van der Waals surface area contributed by atoms with Crippen molar-refractivity contribution >= 4 is 5.91 Å². The van der Waals surface area contributed by atoms with E-state index in [0.717, 1.165) is 18.1 Å². The maximum Gasteiger partial charge on any atom is 0.220 e. The first-order valence-electron chi connectivity index (χ1n) is 8.12. The quantitative estimate of drug-likeness (QED) is 0.882. The van der Waals surface area contributed by atoms with Gasteiger partial charge in [-0.3, -0.25) is 9.78 Å². The standard InChI is InChI=1S/C19H20F2N2O/c1-13-10-19(13,16-6-5-15(20)9-17(16)21)12-23-18(24)7-4-14-3-2-8-22-11-14/h2-3,5-6,8-9,11,13H,4,7,10,12H2,1H3,(H,23,24). The van der Waals surface area contributed by atoms with Crippen LogP contribution in [0.3, 0.4) is 0 Å². The topological polar surface area (TPSA) is 42.0 Å². The van der Waals surface area contributed by atoms with Crippen molar-refractivity contribution in [2.45, 2.75) is 31.6 Å². The van der Waals surface area contributed by atoms with Gasteiger partial charge in [0.2, 0.25) is 5.91 Å². The number of carbonyl (C=O) groups is 1. The van der Waals surface area contributed by atoms with E-state index in [4.69, 9.17) is 0 Å². The second-order valence-electron chi connectivity index (χ2n) is 6.52. The lowest BCUT2D eigenvalue weighted by Gasteiger charge is -2.19. The zero-order valence-electron chi connectivity index (χ0n) is 13.6. The van der Waals surface area contributed by atoms with Crippen LogP contribution in [-0.4, -0.2) is 17.4 Å². The number of carbonyl (C=O) groups excluding carboxylic acids is 1. The lowest BCUT2D eigenvalue weighted by Crippen LogP contribution is -2.34. The highest BCUT2D eigenvalue weighted by Crippen LogP contribution is 2.54. The smallest absolute Gasteiger partial charge is 0.220 e. The Morgan fingerprint density at radius 3 is 2.79 bits per heavy atom. The lowest BCUT2D eigenvalue weighted by atomic mass is 9.92. The van der Waals surface area contributed by atoms with Crippen molar-refractivity contribution in [2.24, 2.45) is 5.92 Å². The number of hydrogen-bond donors (Lipinski definition) is 1. The summed E-state index contributed by atoms with van der Waals surface area (Å²) in [5.41, 5.74) is 1.08. The van der Waals surface area contributed by atoms with E-state index in [-0.39, 0.29) is 11.8 Å². The van der Waals surface area contributed by atoms with Crippen LogP contribution in [-0.2, 0) is 16.6 Å². The third kappa shape index (κ3) is 3.45. The van der Waals surface area contributed by atoms with Gasteiger partial charge in [-0.05, 0) is 42.0 Å². The second kappa shape index (κ2) is 6.67. The highest BCUT2D eigenvalue weighted by molar-refractivity contribution is 5.76. The van der Waals surface area contributed by atoms with E-state index in [0.29, 0.717) is 24.9 Å². The van der Waals surface area contributed by atoms with Gasteiger partial charge in [0.15, 0.2) is 0 Å². The Bertz CT molecular complexity index is 735. The van der Waals surface area contributed by atoms with Gasteiger partial charge < -0.3 is 5.32 Å². The van der Waals surface area contributed by atoms with Crippen LogP contribution in [0.15, 0.2) is 42.7 Å². The number of aromatic nitrogens is 1. The molecule has 2 atom stereocenters. The van der Waals surface area contributed by atoms with Crippen molar-refractivity contribution in [1.29, 1.82) is 0 Å². The van der Waals surface area contributed by atoms with E-state index < -0.39 is 17.0 Å². The fourth-order valence-electron chi connectivity index (χ4n) is 3.25. The van der Waals surface area contributed by atoms with Gasteiger partial charge in [-0.1, -0.05) is 19.1 Å². The van der Waals surface area contributed by atoms with Gasteiger partial charge in [-0.15, -0.1) is 0 Å². The van der Waals surface area contributed by atoms with E-state index >= 15 is 0 Å². The number of aryl methyl sites for hydroxylation is 1. The summed E-state index contributed by atoms with van der Waals surface area (Å²) >= 11 is 0. The molecule has 126 valence electrons. The summed E-state index contributed by atoms with van der Waals surface area (Å²) in [6.07, 6.45) is 5.21. The fourth-order valence-corrected chi connectivity index (χ4v) is 3.25. The summed E-state index contributed by atoms with van der Waals surface area (Å²) in [7, 11) is 0. The molecule has 1 aliphatic rings. The normalized spacial score (nSPS) is 22.2. The zero-order valence-corrected chi connectivity index (χ0v) is 13.6. The molecule has 1 aromatic heterocycles. The molecule has 1 aromatic carbocycles. The van der Waals surface area contributed by atoms with Crippen molar-refractivity contribution in [3.05, 3.63) is 65.5 Å². The fraction of sp³-hybridized carbons (Fsp3) is 0.368. The van der Waals surface area contributed by atoms with E-state index in [9.17, 15) is 13.6 Å². The van der Waals surface area contributed by atoms with Gasteiger partial charge in [0.1, 0.15) is 11.6 Å². The molecular formula is C19H20F2N2O. The monoisotopic (exact) mass is 330 g/mol. The molecule has 0 spiro atoms. The van der Waals surface area contributed by atoms with Crippen LogP contribution >= 0.6 is 0 Å². The number of benzene rings is 1. The summed E-state index contributed by atoms with van der Waals surface area (Å²) in [5, 5.41) is 2.91. The second-order valence-corrected chi connectivity index (χ2v) is 6.52. The van der Waals surface area contributed by atoms with Crippen molar-refractivity contribution in [1.82, 2.24) is 10.3 Å². The largest absolute Gasteiger partial charge is 0.355 e. The highest BCUT2D eigenvalue weighted by atomic mass is 19.1. The maximum absolute atomic E-state index is 14.1. The molecule has 2 aromatic rings. The lowest BCUT2D eigenvalue weighted by molar-refractivity contribution is -0.121. The van der Waals surface area contributed by atoms with E-state index in [1.807, 2.05) is 19.1 Å². The van der Waals surface area contributed by atoms with Crippen LogP contribution in [0.5, 0.6) is 0 Å². The molecule has 1 heterocycles. The maximum atomic E-state index is 14.1. The summed E-state index contributed by atoms with van der Waals surface area (Å²) in [4.78, 5) is 16.1. The van der Waals surface area contributed by atoms with Gasteiger partial charge in [-0.2, -0.15) is 0 Å². The van der Waals surface area contributed by atoms with Crippen LogP contribution in [0.25, 0.3) is 0 Å². The number of pyridine rings is 1.